The number of hydrogen-bond acceptors (Lipinski definition) is 4. The molecule has 160 valence electrons. The van der Waals surface area contributed by atoms with Crippen LogP contribution in [0.15, 0.2) is 30.3 Å². The molecule has 2 fully saturated rings. The molecule has 2 saturated heterocycles. The Morgan fingerprint density at radius 3 is 2.53 bits per heavy atom. The second-order valence-electron chi connectivity index (χ2n) is 9.05. The number of amides is 1. The second kappa shape index (κ2) is 7.84. The number of carbonyl (C=O) groups is 1. The van der Waals surface area contributed by atoms with Crippen molar-refractivity contribution in [3.8, 4) is 0 Å². The highest BCUT2D eigenvalue weighted by atomic mass is 32.2. The quantitative estimate of drug-likeness (QED) is 0.752. The van der Waals surface area contributed by atoms with E-state index in [9.17, 15) is 13.2 Å². The van der Waals surface area contributed by atoms with Crippen LogP contribution in [0.4, 0.5) is 0 Å². The molecule has 0 spiro atoms. The molecule has 0 saturated carbocycles. The molecule has 30 heavy (non-hydrogen) atoms. The Morgan fingerprint density at radius 2 is 1.83 bits per heavy atom. The van der Waals surface area contributed by atoms with E-state index in [1.54, 1.807) is 4.68 Å². The Bertz CT molecular complexity index is 1040. The number of aryl methyl sites for hydroxylation is 1. The lowest BCUT2D eigenvalue weighted by atomic mass is 9.90. The van der Waals surface area contributed by atoms with E-state index >= 15 is 0 Å². The lowest BCUT2D eigenvalue weighted by Crippen LogP contribution is -2.40. The van der Waals surface area contributed by atoms with Crippen LogP contribution in [0.2, 0.25) is 0 Å². The second-order valence-corrected chi connectivity index (χ2v) is 11.3. The number of fused-ring (bicyclic) bond motifs is 1. The number of benzene rings is 1. The van der Waals surface area contributed by atoms with Crippen molar-refractivity contribution in [3.63, 3.8) is 0 Å². The lowest BCUT2D eigenvalue weighted by molar-refractivity contribution is 0.0674. The molecule has 3 aliphatic rings. The Kier molecular flexibility index (Phi) is 5.17. The Labute approximate surface area is 178 Å². The van der Waals surface area contributed by atoms with Gasteiger partial charge in [0, 0.05) is 18.7 Å². The zero-order valence-corrected chi connectivity index (χ0v) is 18.1. The monoisotopic (exact) mass is 427 g/mol. The average Bonchev–Trinajstić information content (AvgIpc) is 3.42. The summed E-state index contributed by atoms with van der Waals surface area (Å²) >= 11 is 0. The number of carbonyl (C=O) groups excluding carboxylic acids is 1. The van der Waals surface area contributed by atoms with Gasteiger partial charge in [-0.2, -0.15) is 5.10 Å². The Morgan fingerprint density at radius 1 is 1.07 bits per heavy atom. The third-order valence-corrected chi connectivity index (χ3v) is 8.71. The van der Waals surface area contributed by atoms with Crippen molar-refractivity contribution in [2.45, 2.75) is 51.0 Å². The van der Waals surface area contributed by atoms with Crippen molar-refractivity contribution >= 4 is 15.7 Å². The third-order valence-electron chi connectivity index (χ3n) is 6.96. The average molecular weight is 428 g/mol. The molecule has 1 aromatic carbocycles. The number of sulfone groups is 1. The molecule has 1 amide bonds. The van der Waals surface area contributed by atoms with Gasteiger partial charge in [-0.05, 0) is 56.4 Å². The number of nitrogens with zero attached hydrogens (tertiary/aromatic N) is 3. The van der Waals surface area contributed by atoms with Gasteiger partial charge < -0.3 is 4.90 Å². The zero-order valence-electron chi connectivity index (χ0n) is 17.3. The molecule has 2 aliphatic heterocycles. The topological polar surface area (TPSA) is 72.3 Å². The van der Waals surface area contributed by atoms with Crippen LogP contribution in [0.5, 0.6) is 0 Å². The van der Waals surface area contributed by atoms with Crippen molar-refractivity contribution in [3.05, 3.63) is 52.8 Å². The first-order valence-electron chi connectivity index (χ1n) is 11.1. The van der Waals surface area contributed by atoms with Gasteiger partial charge >= 0.3 is 0 Å². The fourth-order valence-electron chi connectivity index (χ4n) is 5.31. The summed E-state index contributed by atoms with van der Waals surface area (Å²) in [7, 11) is -3.03. The summed E-state index contributed by atoms with van der Waals surface area (Å²) < 4.78 is 25.8. The van der Waals surface area contributed by atoms with Crippen LogP contribution >= 0.6 is 0 Å². The molecular weight excluding hydrogens is 398 g/mol. The first-order chi connectivity index (χ1) is 14.5. The van der Waals surface area contributed by atoms with Crippen LogP contribution in [0.25, 0.3) is 0 Å². The van der Waals surface area contributed by atoms with Gasteiger partial charge in [0.25, 0.3) is 5.91 Å². The lowest BCUT2D eigenvalue weighted by Gasteiger charge is -2.32. The fraction of sp³-hybridized carbons (Fsp3) is 0.565. The summed E-state index contributed by atoms with van der Waals surface area (Å²) in [4.78, 5) is 15.5. The number of hydrogen-bond donors (Lipinski definition) is 0. The van der Waals surface area contributed by atoms with E-state index in [1.165, 1.54) is 5.56 Å². The smallest absolute Gasteiger partial charge is 0.272 e. The highest BCUT2D eigenvalue weighted by molar-refractivity contribution is 7.91. The molecular formula is C23H29N3O3S. The van der Waals surface area contributed by atoms with Crippen LogP contribution in [0.1, 0.15) is 59.0 Å². The highest BCUT2D eigenvalue weighted by Crippen LogP contribution is 2.33. The van der Waals surface area contributed by atoms with Crippen molar-refractivity contribution in [2.75, 3.05) is 24.6 Å². The summed E-state index contributed by atoms with van der Waals surface area (Å²) in [6.07, 6.45) is 6.44. The number of aromatic nitrogens is 2. The zero-order chi connectivity index (χ0) is 20.7. The van der Waals surface area contributed by atoms with Gasteiger partial charge in [-0.1, -0.05) is 30.3 Å². The summed E-state index contributed by atoms with van der Waals surface area (Å²) in [5, 5.41) is 4.73. The maximum absolute atomic E-state index is 13.5. The van der Waals surface area contributed by atoms with Gasteiger partial charge in [0.05, 0.1) is 23.2 Å². The van der Waals surface area contributed by atoms with E-state index < -0.39 is 9.84 Å². The summed E-state index contributed by atoms with van der Waals surface area (Å²) in [5.41, 5.74) is 4.10. The van der Waals surface area contributed by atoms with E-state index in [2.05, 4.69) is 24.3 Å². The van der Waals surface area contributed by atoms with Crippen LogP contribution in [-0.4, -0.2) is 53.6 Å². The minimum Gasteiger partial charge on any atom is -0.337 e. The van der Waals surface area contributed by atoms with E-state index in [4.69, 9.17) is 5.10 Å². The molecule has 1 unspecified atom stereocenters. The maximum atomic E-state index is 13.5. The van der Waals surface area contributed by atoms with Crippen molar-refractivity contribution in [2.24, 2.45) is 5.92 Å². The van der Waals surface area contributed by atoms with Gasteiger partial charge in [0.15, 0.2) is 9.84 Å². The maximum Gasteiger partial charge on any atom is 0.272 e. The molecule has 0 bridgehead atoms. The summed E-state index contributed by atoms with van der Waals surface area (Å²) in [5.74, 6) is 0.952. The molecule has 6 nitrogen and oxygen atoms in total. The fourth-order valence-corrected chi connectivity index (χ4v) is 7.00. The largest absolute Gasteiger partial charge is 0.337 e. The predicted molar refractivity (Wildman–Crippen MR) is 115 cm³/mol. The summed E-state index contributed by atoms with van der Waals surface area (Å²) in [6, 6.07) is 10.4. The van der Waals surface area contributed by atoms with Crippen molar-refractivity contribution < 1.29 is 13.2 Å². The van der Waals surface area contributed by atoms with Crippen LogP contribution in [0.3, 0.4) is 0 Å². The standard InChI is InChI=1S/C23H29N3O3S/c27-23(25-12-9-18(10-13-25)15-17-5-2-1-3-6-17)22-20-7-4-8-21(20)24-26(22)19-11-14-30(28,29)16-19/h1-3,5-6,18-19H,4,7-16H2. The van der Waals surface area contributed by atoms with Gasteiger partial charge in [-0.15, -0.1) is 0 Å². The Hall–Kier alpha value is -2.15. The minimum absolute atomic E-state index is 0.0492. The van der Waals surface area contributed by atoms with E-state index in [0.717, 1.165) is 62.9 Å². The summed E-state index contributed by atoms with van der Waals surface area (Å²) in [6.45, 7) is 1.53. The predicted octanol–water partition coefficient (Wildman–Crippen LogP) is 2.83. The Balaban J connectivity index is 1.32. The van der Waals surface area contributed by atoms with Gasteiger partial charge in [-0.25, -0.2) is 8.42 Å². The van der Waals surface area contributed by atoms with Crippen molar-refractivity contribution in [1.82, 2.24) is 14.7 Å². The molecule has 2 aromatic rings. The van der Waals surface area contributed by atoms with E-state index in [0.29, 0.717) is 18.0 Å². The number of rotatable bonds is 4. The first-order valence-corrected chi connectivity index (χ1v) is 13.0. The van der Waals surface area contributed by atoms with Crippen LogP contribution in [0, 0.1) is 5.92 Å². The molecule has 3 heterocycles. The molecule has 0 radical (unpaired) electrons. The molecule has 7 heteroatoms. The minimum atomic E-state index is -3.03. The third kappa shape index (κ3) is 3.80. The normalized spacial score (nSPS) is 23.6. The number of piperidine rings is 1. The van der Waals surface area contributed by atoms with Gasteiger partial charge in [0.1, 0.15) is 5.69 Å². The van der Waals surface area contributed by atoms with Gasteiger partial charge in [-0.3, -0.25) is 9.48 Å². The SMILES string of the molecule is O=C(c1c2c(nn1C1CCS(=O)(=O)C1)CCC2)N1CCC(Cc2ccccc2)CC1. The van der Waals surface area contributed by atoms with Gasteiger partial charge in [0.2, 0.25) is 0 Å². The van der Waals surface area contributed by atoms with Crippen LogP contribution in [-0.2, 0) is 29.1 Å². The molecule has 1 aromatic heterocycles. The molecule has 1 aliphatic carbocycles. The molecule has 1 atom stereocenters. The highest BCUT2D eigenvalue weighted by Gasteiger charge is 2.37. The molecule has 0 N–H and O–H groups in total. The number of likely N-dealkylation sites (tertiary alicyclic amines) is 1. The van der Waals surface area contributed by atoms with E-state index in [-0.39, 0.29) is 23.5 Å². The van der Waals surface area contributed by atoms with Crippen LogP contribution < -0.4 is 0 Å². The van der Waals surface area contributed by atoms with Crippen molar-refractivity contribution in [1.29, 1.82) is 0 Å². The first kappa shape index (κ1) is 19.8. The molecule has 5 rings (SSSR count). The van der Waals surface area contributed by atoms with E-state index in [1.807, 2.05) is 11.0 Å².